The van der Waals surface area contributed by atoms with Crippen molar-refractivity contribution in [1.29, 1.82) is 0 Å². The number of pyridine rings is 2. The number of hydrogen-bond acceptors (Lipinski definition) is 14. The normalized spacial score (nSPS) is 11.2. The number of rotatable bonds is 2. The molecule has 344 valence electrons. The van der Waals surface area contributed by atoms with Gasteiger partial charge in [-0.25, -0.2) is 15.0 Å². The number of aromatic nitrogens is 5. The molecule has 0 unspecified atom stereocenters. The van der Waals surface area contributed by atoms with E-state index in [9.17, 15) is 14.9 Å². The van der Waals surface area contributed by atoms with E-state index in [0.717, 1.165) is 33.5 Å². The highest BCUT2D eigenvalue weighted by atomic mass is 16.7. The Morgan fingerprint density at radius 1 is 0.697 bits per heavy atom. The number of nitrogens with zero attached hydrogens (tertiary/aromatic N) is 7. The molecule has 4 aromatic heterocycles. The van der Waals surface area contributed by atoms with Crippen LogP contribution in [0.1, 0.15) is 53.0 Å². The summed E-state index contributed by atoms with van der Waals surface area (Å²) in [5, 5.41) is 23.7. The summed E-state index contributed by atoms with van der Waals surface area (Å²) >= 11 is 0. The minimum atomic E-state index is -0.403. The molecule has 1 aliphatic heterocycles. The molecule has 0 saturated heterocycles. The lowest BCUT2D eigenvalue weighted by Crippen LogP contribution is -2.15. The summed E-state index contributed by atoms with van der Waals surface area (Å²) in [5.74, 6) is 1.59. The predicted molar refractivity (Wildman–Crippen MR) is 259 cm³/mol. The number of esters is 1. The molecule has 0 radical (unpaired) electrons. The number of non-ortho nitro benzene ring substituents is 1. The Hall–Kier alpha value is -8.17. The number of hydroxylamine groups is 1. The molecule has 2 N–H and O–H groups in total. The molecule has 66 heavy (non-hydrogen) atoms. The van der Waals surface area contributed by atoms with Crippen LogP contribution in [-0.2, 0) is 9.63 Å². The van der Waals surface area contributed by atoms with Crippen molar-refractivity contribution in [2.45, 2.75) is 68.5 Å². The van der Waals surface area contributed by atoms with Crippen LogP contribution in [0.15, 0.2) is 174 Å². The fraction of sp³-hybridized carbons (Fsp3) is 0.196. The van der Waals surface area contributed by atoms with Crippen molar-refractivity contribution in [3.63, 3.8) is 0 Å². The van der Waals surface area contributed by atoms with Crippen LogP contribution >= 0.6 is 0 Å². The van der Waals surface area contributed by atoms with Gasteiger partial charge in [-0.2, -0.15) is 0 Å². The summed E-state index contributed by atoms with van der Waals surface area (Å²) < 4.78 is 9.49. The largest absolute Gasteiger partial charge is 0.508 e. The predicted octanol–water partition coefficient (Wildman–Crippen LogP) is 11.1. The fourth-order valence-electron chi connectivity index (χ4n) is 4.62. The van der Waals surface area contributed by atoms with Crippen molar-refractivity contribution >= 4 is 29.0 Å². The number of para-hydroxylation sites is 3. The summed E-state index contributed by atoms with van der Waals surface area (Å²) in [6, 6.07) is 37.1. The van der Waals surface area contributed by atoms with E-state index in [1.807, 2.05) is 128 Å². The van der Waals surface area contributed by atoms with E-state index in [0.29, 0.717) is 11.5 Å². The number of aromatic hydroxyl groups is 1. The van der Waals surface area contributed by atoms with Crippen molar-refractivity contribution in [3.05, 3.63) is 214 Å². The Balaban J connectivity index is 0.000000262. The van der Waals surface area contributed by atoms with Crippen molar-refractivity contribution in [1.82, 2.24) is 30.6 Å². The summed E-state index contributed by atoms with van der Waals surface area (Å²) in [7, 11) is 0. The Bertz CT molecular complexity index is 2520. The number of phenols is 1. The summed E-state index contributed by atoms with van der Waals surface area (Å²) in [5.41, 5.74) is 10.3. The smallest absolute Gasteiger partial charge is 0.308 e. The molecule has 0 amide bonds. The summed E-state index contributed by atoms with van der Waals surface area (Å²) in [6.45, 7) is 16.9. The first-order chi connectivity index (χ1) is 31.6. The molecule has 0 aliphatic carbocycles. The highest BCUT2D eigenvalue weighted by molar-refractivity contribution is 5.78. The quantitative estimate of drug-likeness (QED) is 0.0719. The SMILES string of the molecule is CC(=O)Oc1ccccc1C.C[C@@H]1N=CON1.Cc1ccc([N+](=O)[O-])cc1.Cc1ccccc1O.Cc1cccnc1.Cc1ccno1.Cc1cnc2ccccc2c1.Cc1cncnc1. The number of aliphatic imine (C=N–C) groups is 1. The van der Waals surface area contributed by atoms with E-state index < -0.39 is 4.92 Å². The first-order valence-corrected chi connectivity index (χ1v) is 20.5. The van der Waals surface area contributed by atoms with E-state index in [1.165, 1.54) is 48.3 Å². The number of nitro groups is 1. The minimum absolute atomic E-state index is 0.144. The van der Waals surface area contributed by atoms with Crippen LogP contribution in [0.2, 0.25) is 0 Å². The molecule has 0 fully saturated rings. The molecule has 0 spiro atoms. The number of fused-ring (bicyclic) bond motifs is 1. The van der Waals surface area contributed by atoms with Gasteiger partial charge >= 0.3 is 5.97 Å². The summed E-state index contributed by atoms with van der Waals surface area (Å²) in [4.78, 5) is 44.3. The van der Waals surface area contributed by atoms with Crippen LogP contribution in [0.25, 0.3) is 10.9 Å². The van der Waals surface area contributed by atoms with Gasteiger partial charge < -0.3 is 19.2 Å². The van der Waals surface area contributed by atoms with Crippen molar-refractivity contribution in [2.75, 3.05) is 0 Å². The van der Waals surface area contributed by atoms with Crippen LogP contribution in [0.3, 0.4) is 0 Å². The molecule has 1 atom stereocenters. The third-order valence-electron chi connectivity index (χ3n) is 8.08. The Kier molecular flexibility index (Phi) is 25.9. The lowest BCUT2D eigenvalue weighted by Gasteiger charge is -2.02. The van der Waals surface area contributed by atoms with E-state index in [2.05, 4.69) is 64.0 Å². The molecule has 4 aromatic carbocycles. The number of phenolic OH excluding ortho intramolecular Hbond substituents is 1. The topological polar surface area (TPSA) is 201 Å². The van der Waals surface area contributed by atoms with Crippen LogP contribution < -0.4 is 10.2 Å². The Morgan fingerprint density at radius 2 is 1.33 bits per heavy atom. The lowest BCUT2D eigenvalue weighted by molar-refractivity contribution is -0.384. The third kappa shape index (κ3) is 25.1. The molecular weight excluding hydrogens is 837 g/mol. The zero-order valence-electron chi connectivity index (χ0n) is 38.8. The number of benzene rings is 4. The highest BCUT2D eigenvalue weighted by Crippen LogP contribution is 2.16. The average Bonchev–Trinajstić information content (AvgIpc) is 4.01. The second kappa shape index (κ2) is 31.6. The lowest BCUT2D eigenvalue weighted by atomic mass is 10.2. The van der Waals surface area contributed by atoms with Gasteiger partial charge in [-0.3, -0.25) is 24.9 Å². The number of ether oxygens (including phenoxy) is 1. The molecule has 9 rings (SSSR count). The molecule has 15 heteroatoms. The first-order valence-electron chi connectivity index (χ1n) is 20.5. The van der Waals surface area contributed by atoms with Crippen LogP contribution in [0.4, 0.5) is 5.69 Å². The van der Waals surface area contributed by atoms with Gasteiger partial charge in [0.25, 0.3) is 5.69 Å². The number of hydrogen-bond donors (Lipinski definition) is 2. The zero-order valence-corrected chi connectivity index (χ0v) is 38.8. The standard InChI is InChI=1S/C10H9N.C9H10O2.C7H7NO2.C7H8O.C6H7N.C5H6N2.C4H5NO.C3H6N2O/c1-8-6-9-4-2-3-5-10(9)11-7-8;1-7-5-3-4-6-9(7)11-8(2)10;1-6-2-4-7(5-3-6)8(9)10;1-6-4-2-3-5-7(6)8;1-6-3-2-4-7-5-6;1-5-2-6-4-7-3-5;1-4-2-3-5-6-4;1-3-4-2-6-5-3/h2-7H,1H3;3-6H,1-2H3;2-5H,1H3;2-5,8H,1H3;2-5H,1H3;2-4H,1H3;2-3H,1H3;2-3,5H,1H3/t;;;;;;;3-/m.......1/s1. The molecule has 8 aromatic rings. The summed E-state index contributed by atoms with van der Waals surface area (Å²) in [6.07, 6.45) is 13.7. The molecular formula is C51H58N8O7. The second-order valence-corrected chi connectivity index (χ2v) is 14.2. The molecule has 5 heterocycles. The second-order valence-electron chi connectivity index (χ2n) is 14.2. The maximum Gasteiger partial charge on any atom is 0.308 e. The van der Waals surface area contributed by atoms with Gasteiger partial charge in [-0.05, 0) is 114 Å². The Morgan fingerprint density at radius 3 is 1.76 bits per heavy atom. The van der Waals surface area contributed by atoms with Gasteiger partial charge in [0.2, 0.25) is 0 Å². The van der Waals surface area contributed by atoms with E-state index in [-0.39, 0.29) is 17.8 Å². The fourth-order valence-corrected chi connectivity index (χ4v) is 4.62. The number of nitrogens with one attached hydrogen (secondary N) is 1. The number of aryl methyl sites for hydroxylation is 7. The minimum Gasteiger partial charge on any atom is -0.508 e. The van der Waals surface area contributed by atoms with Gasteiger partial charge in [0.05, 0.1) is 16.6 Å². The van der Waals surface area contributed by atoms with Gasteiger partial charge in [0.15, 0.2) is 6.40 Å². The maximum absolute atomic E-state index is 10.5. The van der Waals surface area contributed by atoms with E-state index in [1.54, 1.807) is 55.1 Å². The van der Waals surface area contributed by atoms with Crippen molar-refractivity contribution < 1.29 is 28.9 Å². The monoisotopic (exact) mass is 894 g/mol. The average molecular weight is 895 g/mol. The van der Waals surface area contributed by atoms with Gasteiger partial charge in [0, 0.05) is 61.5 Å². The zero-order chi connectivity index (χ0) is 48.5. The maximum atomic E-state index is 10.5. The molecule has 1 aliphatic rings. The Labute approximate surface area is 386 Å². The third-order valence-corrected chi connectivity index (χ3v) is 8.08. The van der Waals surface area contributed by atoms with Crippen LogP contribution in [0, 0.1) is 58.6 Å². The molecule has 15 nitrogen and oxygen atoms in total. The first kappa shape index (κ1) is 54.0. The number of carbonyl (C=O) groups excluding carboxylic acids is 1. The van der Waals surface area contributed by atoms with Crippen molar-refractivity contribution in [2.24, 2.45) is 4.99 Å². The van der Waals surface area contributed by atoms with E-state index in [4.69, 9.17) is 9.84 Å². The van der Waals surface area contributed by atoms with E-state index >= 15 is 0 Å². The number of nitro benzene ring substituents is 1. The molecule has 0 saturated carbocycles. The number of carbonyl (C=O) groups is 1. The highest BCUT2D eigenvalue weighted by Gasteiger charge is 2.01. The van der Waals surface area contributed by atoms with Gasteiger partial charge in [-0.15, -0.1) is 5.48 Å². The van der Waals surface area contributed by atoms with Gasteiger partial charge in [0.1, 0.15) is 29.8 Å². The van der Waals surface area contributed by atoms with Crippen LogP contribution in [0.5, 0.6) is 11.5 Å². The van der Waals surface area contributed by atoms with Crippen LogP contribution in [-0.4, -0.2) is 53.7 Å². The van der Waals surface area contributed by atoms with Crippen molar-refractivity contribution in [3.8, 4) is 11.5 Å². The molecule has 0 bridgehead atoms. The van der Waals surface area contributed by atoms with Gasteiger partial charge in [-0.1, -0.05) is 83.5 Å².